The van der Waals surface area contributed by atoms with Gasteiger partial charge in [-0.2, -0.15) is 5.10 Å². The molecular weight excluding hydrogens is 310 g/mol. The summed E-state index contributed by atoms with van der Waals surface area (Å²) in [6.07, 6.45) is 4.05. The first-order valence-electron chi connectivity index (χ1n) is 8.02. The molecule has 0 bridgehead atoms. The molecule has 0 unspecified atom stereocenters. The molecule has 4 aromatic rings. The number of hydrogen-bond acceptors (Lipinski definition) is 3. The first-order chi connectivity index (χ1) is 12.3. The molecule has 4 rings (SSSR count). The highest BCUT2D eigenvalue weighted by molar-refractivity contribution is 5.90. The Kier molecular flexibility index (Phi) is 3.92. The Labute approximate surface area is 145 Å². The Bertz CT molecular complexity index is 1040. The third kappa shape index (κ3) is 3.38. The van der Waals surface area contributed by atoms with Gasteiger partial charge in [-0.3, -0.25) is 5.10 Å². The Morgan fingerprint density at radius 1 is 0.840 bits per heavy atom. The van der Waals surface area contributed by atoms with Crippen LogP contribution in [0.5, 0.6) is 11.5 Å². The molecule has 3 aromatic carbocycles. The Morgan fingerprint density at radius 2 is 1.68 bits per heavy atom. The van der Waals surface area contributed by atoms with Gasteiger partial charge in [0.25, 0.3) is 0 Å². The number of ether oxygens (including phenoxy) is 1. The van der Waals surface area contributed by atoms with Gasteiger partial charge < -0.3 is 10.5 Å². The maximum absolute atomic E-state index is 5.86. The molecule has 1 heterocycles. The van der Waals surface area contributed by atoms with E-state index in [9.17, 15) is 0 Å². The van der Waals surface area contributed by atoms with Crippen molar-refractivity contribution in [1.29, 1.82) is 0 Å². The first kappa shape index (κ1) is 15.0. The van der Waals surface area contributed by atoms with E-state index >= 15 is 0 Å². The summed E-state index contributed by atoms with van der Waals surface area (Å²) in [6.45, 7) is 0. The van der Waals surface area contributed by atoms with E-state index in [-0.39, 0.29) is 0 Å². The van der Waals surface area contributed by atoms with Crippen molar-refractivity contribution in [2.45, 2.75) is 0 Å². The summed E-state index contributed by atoms with van der Waals surface area (Å²) < 4.78 is 5.86. The minimum Gasteiger partial charge on any atom is -0.457 e. The number of benzene rings is 3. The summed E-state index contributed by atoms with van der Waals surface area (Å²) in [5, 5.41) is 8.49. The second-order valence-corrected chi connectivity index (χ2v) is 5.73. The van der Waals surface area contributed by atoms with Crippen molar-refractivity contribution < 1.29 is 4.74 Å². The lowest BCUT2D eigenvalue weighted by Crippen LogP contribution is -1.87. The number of nitrogens with zero attached hydrogens (tertiary/aromatic N) is 1. The third-order valence-corrected chi connectivity index (χ3v) is 3.89. The quantitative estimate of drug-likeness (QED) is 0.512. The second kappa shape index (κ2) is 6.53. The summed E-state index contributed by atoms with van der Waals surface area (Å²) in [7, 11) is 0. The number of fused-ring (bicyclic) bond motifs is 1. The van der Waals surface area contributed by atoms with E-state index in [1.54, 1.807) is 6.07 Å². The Morgan fingerprint density at radius 3 is 2.52 bits per heavy atom. The summed E-state index contributed by atoms with van der Waals surface area (Å²) in [4.78, 5) is 0. The average Bonchev–Trinajstić information content (AvgIpc) is 3.03. The predicted octanol–water partition coefficient (Wildman–Crippen LogP) is 5.11. The van der Waals surface area contributed by atoms with Crippen molar-refractivity contribution in [2.24, 2.45) is 0 Å². The number of nitrogens with two attached hydrogens (primary N) is 1. The molecule has 0 amide bonds. The van der Waals surface area contributed by atoms with Crippen molar-refractivity contribution in [3.05, 3.63) is 84.1 Å². The minimum atomic E-state index is 0.674. The summed E-state index contributed by atoms with van der Waals surface area (Å²) in [5.41, 5.74) is 9.42. The van der Waals surface area contributed by atoms with Gasteiger partial charge >= 0.3 is 0 Å². The maximum atomic E-state index is 5.86. The van der Waals surface area contributed by atoms with Gasteiger partial charge in [0.15, 0.2) is 0 Å². The molecule has 4 heteroatoms. The van der Waals surface area contributed by atoms with Crippen LogP contribution in [-0.2, 0) is 0 Å². The standard InChI is InChI=1S/C21H17N3O/c22-16-7-4-8-17(13-16)25-18-10-11-19-20(23-24-21(19)14-18)12-9-15-5-2-1-3-6-15/h1-14H,22H2,(H,23,24). The van der Waals surface area contributed by atoms with Crippen LogP contribution in [0.2, 0.25) is 0 Å². The molecule has 1 aromatic heterocycles. The highest BCUT2D eigenvalue weighted by Gasteiger charge is 2.05. The van der Waals surface area contributed by atoms with Crippen molar-refractivity contribution in [3.63, 3.8) is 0 Å². The van der Waals surface area contributed by atoms with Crippen LogP contribution in [0.3, 0.4) is 0 Å². The van der Waals surface area contributed by atoms with Crippen LogP contribution in [0.25, 0.3) is 23.1 Å². The number of aromatic nitrogens is 2. The number of anilines is 1. The summed E-state index contributed by atoms with van der Waals surface area (Å²) in [6, 6.07) is 23.4. The largest absolute Gasteiger partial charge is 0.457 e. The van der Waals surface area contributed by atoms with Gasteiger partial charge in [0.2, 0.25) is 0 Å². The van der Waals surface area contributed by atoms with E-state index in [0.717, 1.165) is 27.9 Å². The number of nitrogen functional groups attached to an aromatic ring is 1. The molecule has 0 aliphatic carbocycles. The zero-order chi connectivity index (χ0) is 17.1. The van der Waals surface area contributed by atoms with E-state index in [1.807, 2.05) is 66.7 Å². The van der Waals surface area contributed by atoms with Crippen LogP contribution < -0.4 is 10.5 Å². The van der Waals surface area contributed by atoms with Gasteiger partial charge in [-0.15, -0.1) is 0 Å². The fourth-order valence-electron chi connectivity index (χ4n) is 2.66. The third-order valence-electron chi connectivity index (χ3n) is 3.89. The Balaban J connectivity index is 1.59. The lowest BCUT2D eigenvalue weighted by molar-refractivity contribution is 0.483. The molecule has 0 saturated carbocycles. The van der Waals surface area contributed by atoms with Gasteiger partial charge in [0.1, 0.15) is 11.5 Å². The molecule has 0 aliphatic heterocycles. The molecule has 0 aliphatic rings. The highest BCUT2D eigenvalue weighted by atomic mass is 16.5. The molecule has 0 saturated heterocycles. The van der Waals surface area contributed by atoms with Gasteiger partial charge in [-0.25, -0.2) is 0 Å². The fraction of sp³-hybridized carbons (Fsp3) is 0. The SMILES string of the molecule is Nc1cccc(Oc2ccc3c(C=Cc4ccccc4)n[nH]c3c2)c1. The number of rotatable bonds is 4. The minimum absolute atomic E-state index is 0.674. The number of aromatic amines is 1. The molecule has 122 valence electrons. The average molecular weight is 327 g/mol. The van der Waals surface area contributed by atoms with Crippen LogP contribution >= 0.6 is 0 Å². The molecular formula is C21H17N3O. The number of H-pyrrole nitrogens is 1. The number of hydrogen-bond donors (Lipinski definition) is 2. The molecule has 0 atom stereocenters. The zero-order valence-electron chi connectivity index (χ0n) is 13.5. The predicted molar refractivity (Wildman–Crippen MR) is 102 cm³/mol. The van der Waals surface area contributed by atoms with E-state index in [1.165, 1.54) is 0 Å². The van der Waals surface area contributed by atoms with Gasteiger partial charge in [-0.05, 0) is 35.9 Å². The molecule has 3 N–H and O–H groups in total. The normalized spacial score (nSPS) is 11.2. The monoisotopic (exact) mass is 327 g/mol. The molecule has 0 radical (unpaired) electrons. The van der Waals surface area contributed by atoms with Crippen LogP contribution in [0, 0.1) is 0 Å². The van der Waals surface area contributed by atoms with E-state index in [4.69, 9.17) is 10.5 Å². The second-order valence-electron chi connectivity index (χ2n) is 5.73. The summed E-state index contributed by atoms with van der Waals surface area (Å²) in [5.74, 6) is 1.45. The van der Waals surface area contributed by atoms with Crippen LogP contribution in [0.1, 0.15) is 11.3 Å². The summed E-state index contributed by atoms with van der Waals surface area (Å²) >= 11 is 0. The van der Waals surface area contributed by atoms with Crippen molar-refractivity contribution in [3.8, 4) is 11.5 Å². The van der Waals surface area contributed by atoms with Gasteiger partial charge in [-0.1, -0.05) is 42.5 Å². The van der Waals surface area contributed by atoms with Crippen LogP contribution in [0.15, 0.2) is 72.8 Å². The maximum Gasteiger partial charge on any atom is 0.129 e. The molecule has 4 nitrogen and oxygen atoms in total. The van der Waals surface area contributed by atoms with Gasteiger partial charge in [0, 0.05) is 23.2 Å². The topological polar surface area (TPSA) is 63.9 Å². The van der Waals surface area contributed by atoms with Gasteiger partial charge in [0.05, 0.1) is 11.2 Å². The first-order valence-corrected chi connectivity index (χ1v) is 8.02. The van der Waals surface area contributed by atoms with Crippen molar-refractivity contribution in [2.75, 3.05) is 5.73 Å². The van der Waals surface area contributed by atoms with E-state index < -0.39 is 0 Å². The molecule has 0 spiro atoms. The van der Waals surface area contributed by atoms with E-state index in [2.05, 4.69) is 22.3 Å². The van der Waals surface area contributed by atoms with Crippen LogP contribution in [-0.4, -0.2) is 10.2 Å². The lowest BCUT2D eigenvalue weighted by atomic mass is 10.1. The zero-order valence-corrected chi connectivity index (χ0v) is 13.5. The van der Waals surface area contributed by atoms with Crippen LogP contribution in [0.4, 0.5) is 5.69 Å². The fourth-order valence-corrected chi connectivity index (χ4v) is 2.66. The van der Waals surface area contributed by atoms with E-state index in [0.29, 0.717) is 11.4 Å². The smallest absolute Gasteiger partial charge is 0.129 e. The molecule has 0 fully saturated rings. The lowest BCUT2D eigenvalue weighted by Gasteiger charge is -2.06. The molecule has 25 heavy (non-hydrogen) atoms. The van der Waals surface area contributed by atoms with Crippen molar-refractivity contribution >= 4 is 28.7 Å². The number of nitrogens with one attached hydrogen (secondary N) is 1. The highest BCUT2D eigenvalue weighted by Crippen LogP contribution is 2.27. The van der Waals surface area contributed by atoms with Crippen molar-refractivity contribution in [1.82, 2.24) is 10.2 Å². The Hall–Kier alpha value is -3.53.